The Morgan fingerprint density at radius 2 is 2.04 bits per heavy atom. The van der Waals surface area contributed by atoms with Crippen LogP contribution >= 0.6 is 23.4 Å². The van der Waals surface area contributed by atoms with Crippen LogP contribution in [0.15, 0.2) is 29.6 Å². The van der Waals surface area contributed by atoms with Gasteiger partial charge in [0, 0.05) is 37.3 Å². The zero-order valence-electron chi connectivity index (χ0n) is 13.8. The number of rotatable bonds is 5. The molecule has 0 saturated carbocycles. The van der Waals surface area contributed by atoms with Crippen LogP contribution in [0.25, 0.3) is 0 Å². The average Bonchev–Trinajstić information content (AvgIpc) is 2.95. The number of aromatic nitrogens is 2. The van der Waals surface area contributed by atoms with Crippen LogP contribution < -0.4 is 9.62 Å². The van der Waals surface area contributed by atoms with Gasteiger partial charge in [-0.3, -0.25) is 4.72 Å². The van der Waals surface area contributed by atoms with Crippen molar-refractivity contribution in [2.45, 2.75) is 5.03 Å². The fourth-order valence-corrected chi connectivity index (χ4v) is 5.01. The van der Waals surface area contributed by atoms with Crippen LogP contribution in [0.3, 0.4) is 0 Å². The lowest BCUT2D eigenvalue weighted by Crippen LogP contribution is -2.33. The summed E-state index contributed by atoms with van der Waals surface area (Å²) < 4.78 is 28.7. The van der Waals surface area contributed by atoms with E-state index >= 15 is 0 Å². The number of carbonyl (C=O) groups is 1. The van der Waals surface area contributed by atoms with Crippen LogP contribution in [-0.2, 0) is 17.1 Å². The van der Waals surface area contributed by atoms with Gasteiger partial charge in [0.15, 0.2) is 0 Å². The lowest BCUT2D eigenvalue weighted by molar-refractivity contribution is 0.0697. The first-order valence-electron chi connectivity index (χ1n) is 7.69. The molecule has 2 heterocycles. The van der Waals surface area contributed by atoms with E-state index in [-0.39, 0.29) is 21.4 Å². The van der Waals surface area contributed by atoms with Crippen molar-refractivity contribution < 1.29 is 18.3 Å². The van der Waals surface area contributed by atoms with Crippen molar-refractivity contribution >= 4 is 50.7 Å². The van der Waals surface area contributed by atoms with E-state index < -0.39 is 16.0 Å². The molecule has 2 N–H and O–H groups in total. The second kappa shape index (κ2) is 7.37. The first-order valence-corrected chi connectivity index (χ1v) is 10.7. The second-order valence-electron chi connectivity index (χ2n) is 5.69. The average molecular weight is 417 g/mol. The lowest BCUT2D eigenvalue weighted by Gasteiger charge is -2.29. The summed E-state index contributed by atoms with van der Waals surface area (Å²) in [4.78, 5) is 17.4. The molecule has 0 amide bonds. The highest BCUT2D eigenvalue weighted by atomic mass is 35.5. The van der Waals surface area contributed by atoms with Crippen LogP contribution in [0.4, 0.5) is 11.4 Å². The van der Waals surface area contributed by atoms with Gasteiger partial charge in [0.1, 0.15) is 5.15 Å². The third kappa shape index (κ3) is 3.76. The van der Waals surface area contributed by atoms with E-state index in [9.17, 15) is 18.3 Å². The summed E-state index contributed by atoms with van der Waals surface area (Å²) in [6, 6.07) is 4.48. The van der Waals surface area contributed by atoms with Crippen LogP contribution in [0.2, 0.25) is 5.15 Å². The van der Waals surface area contributed by atoms with Crippen molar-refractivity contribution in [3.8, 4) is 0 Å². The van der Waals surface area contributed by atoms with Crippen molar-refractivity contribution in [2.75, 3.05) is 34.2 Å². The minimum Gasteiger partial charge on any atom is -0.478 e. The molecule has 26 heavy (non-hydrogen) atoms. The summed E-state index contributed by atoms with van der Waals surface area (Å²) in [5.74, 6) is 0.729. The Labute approximate surface area is 160 Å². The predicted molar refractivity (Wildman–Crippen MR) is 102 cm³/mol. The second-order valence-corrected chi connectivity index (χ2v) is 8.87. The van der Waals surface area contributed by atoms with E-state index in [1.807, 2.05) is 16.7 Å². The minimum absolute atomic E-state index is 0.0293. The molecular weight excluding hydrogens is 400 g/mol. The molecule has 140 valence electrons. The zero-order valence-corrected chi connectivity index (χ0v) is 16.2. The highest BCUT2D eigenvalue weighted by Gasteiger charge is 2.24. The van der Waals surface area contributed by atoms with Gasteiger partial charge < -0.3 is 14.6 Å². The van der Waals surface area contributed by atoms with Crippen molar-refractivity contribution in [1.82, 2.24) is 9.55 Å². The maximum Gasteiger partial charge on any atom is 0.337 e. The molecule has 1 aliphatic rings. The number of thioether (sulfide) groups is 1. The molecule has 0 aliphatic carbocycles. The summed E-state index contributed by atoms with van der Waals surface area (Å²) in [6.07, 6.45) is 1.29. The molecule has 0 bridgehead atoms. The molecule has 1 saturated heterocycles. The van der Waals surface area contributed by atoms with E-state index in [1.54, 1.807) is 13.1 Å². The largest absolute Gasteiger partial charge is 0.478 e. The molecule has 3 rings (SSSR count). The Kier molecular flexibility index (Phi) is 5.35. The Bertz CT molecular complexity index is 939. The normalized spacial score (nSPS) is 15.1. The van der Waals surface area contributed by atoms with Gasteiger partial charge in [-0.05, 0) is 18.2 Å². The minimum atomic E-state index is -4.03. The zero-order chi connectivity index (χ0) is 18.9. The number of hydrogen-bond donors (Lipinski definition) is 2. The summed E-state index contributed by atoms with van der Waals surface area (Å²) in [5, 5.41) is 9.20. The molecule has 11 heteroatoms. The molecule has 1 fully saturated rings. The highest BCUT2D eigenvalue weighted by Crippen LogP contribution is 2.28. The number of carboxylic acid groups (broad SMARTS) is 1. The number of nitrogens with one attached hydrogen (secondary N) is 1. The maximum atomic E-state index is 12.5. The van der Waals surface area contributed by atoms with Gasteiger partial charge in [-0.1, -0.05) is 11.6 Å². The van der Waals surface area contributed by atoms with Crippen molar-refractivity contribution in [3.05, 3.63) is 35.2 Å². The van der Waals surface area contributed by atoms with Crippen LogP contribution in [-0.4, -0.2) is 53.6 Å². The Hall–Kier alpha value is -1.91. The fourth-order valence-electron chi connectivity index (χ4n) is 2.63. The predicted octanol–water partition coefficient (Wildman–Crippen LogP) is 2.13. The molecule has 0 unspecified atom stereocenters. The monoisotopic (exact) mass is 416 g/mol. The van der Waals surface area contributed by atoms with Gasteiger partial charge in [-0.2, -0.15) is 20.2 Å². The molecule has 1 aromatic heterocycles. The first kappa shape index (κ1) is 18.9. The van der Waals surface area contributed by atoms with Crippen LogP contribution in [0.1, 0.15) is 10.4 Å². The summed E-state index contributed by atoms with van der Waals surface area (Å²) in [5.41, 5.74) is 0.764. The van der Waals surface area contributed by atoms with E-state index in [0.29, 0.717) is 5.69 Å². The molecular formula is C15H17ClN4O4S2. The quantitative estimate of drug-likeness (QED) is 0.769. The van der Waals surface area contributed by atoms with Gasteiger partial charge in [0.05, 0.1) is 17.6 Å². The smallest absolute Gasteiger partial charge is 0.337 e. The van der Waals surface area contributed by atoms with Crippen LogP contribution in [0, 0.1) is 0 Å². The van der Waals surface area contributed by atoms with E-state index in [4.69, 9.17) is 11.6 Å². The van der Waals surface area contributed by atoms with Crippen LogP contribution in [0.5, 0.6) is 0 Å². The van der Waals surface area contributed by atoms with Gasteiger partial charge >= 0.3 is 5.97 Å². The van der Waals surface area contributed by atoms with E-state index in [1.165, 1.54) is 23.0 Å². The Morgan fingerprint density at radius 1 is 1.35 bits per heavy atom. The number of aromatic carboxylic acids is 1. The number of carboxylic acids is 1. The van der Waals surface area contributed by atoms with Gasteiger partial charge in [-0.15, -0.1) is 0 Å². The summed E-state index contributed by atoms with van der Waals surface area (Å²) >= 11 is 7.76. The molecule has 8 nitrogen and oxygen atoms in total. The third-order valence-corrected chi connectivity index (χ3v) is 6.73. The molecule has 2 aromatic rings. The first-order chi connectivity index (χ1) is 12.3. The number of sulfonamides is 1. The maximum absolute atomic E-state index is 12.5. The Morgan fingerprint density at radius 3 is 2.62 bits per heavy atom. The molecule has 0 atom stereocenters. The number of imidazole rings is 1. The fraction of sp³-hybridized carbons (Fsp3) is 0.333. The van der Waals surface area contributed by atoms with Crippen molar-refractivity contribution in [2.24, 2.45) is 7.05 Å². The number of aryl methyl sites for hydroxylation is 1. The SMILES string of the molecule is Cn1cnc(S(=O)(=O)Nc2ccc(N3CCSCC3)c(C(=O)O)c2)c1Cl. The molecule has 0 radical (unpaired) electrons. The summed E-state index contributed by atoms with van der Waals surface area (Å²) in [6.45, 7) is 1.50. The topological polar surface area (TPSA) is 105 Å². The number of nitrogens with zero attached hydrogens (tertiary/aromatic N) is 3. The van der Waals surface area contributed by atoms with Gasteiger partial charge in [-0.25, -0.2) is 9.78 Å². The number of halogens is 1. The van der Waals surface area contributed by atoms with Crippen molar-refractivity contribution in [1.29, 1.82) is 0 Å². The van der Waals surface area contributed by atoms with Gasteiger partial charge in [0.25, 0.3) is 10.0 Å². The van der Waals surface area contributed by atoms with E-state index in [0.717, 1.165) is 24.6 Å². The Balaban J connectivity index is 1.92. The van der Waals surface area contributed by atoms with Gasteiger partial charge in [0.2, 0.25) is 5.03 Å². The van der Waals surface area contributed by atoms with E-state index in [2.05, 4.69) is 9.71 Å². The third-order valence-electron chi connectivity index (χ3n) is 3.92. The van der Waals surface area contributed by atoms with Crippen molar-refractivity contribution in [3.63, 3.8) is 0 Å². The number of benzene rings is 1. The number of hydrogen-bond acceptors (Lipinski definition) is 6. The lowest BCUT2D eigenvalue weighted by atomic mass is 10.1. The number of anilines is 2. The standard InChI is InChI=1S/C15H17ClN4O4S2/c1-19-9-17-14(13(19)16)26(23,24)18-10-2-3-12(11(8-10)15(21)22)20-4-6-25-7-5-20/h2-3,8-9,18H,4-7H2,1H3,(H,21,22). The molecule has 1 aliphatic heterocycles. The molecule has 1 aromatic carbocycles. The highest BCUT2D eigenvalue weighted by molar-refractivity contribution is 7.99. The molecule has 0 spiro atoms. The summed E-state index contributed by atoms with van der Waals surface area (Å²) in [7, 11) is -2.46.